The normalized spacial score (nSPS) is 23.7. The molecule has 1 aliphatic carbocycles. The Kier molecular flexibility index (Phi) is 6.04. The first-order valence-corrected chi connectivity index (χ1v) is 11.5. The smallest absolute Gasteiger partial charge is 0.223 e. The molecule has 2 atom stereocenters. The molecule has 1 aliphatic heterocycles. The van der Waals surface area contributed by atoms with E-state index in [-0.39, 0.29) is 11.8 Å². The molecule has 0 bridgehead atoms. The summed E-state index contributed by atoms with van der Waals surface area (Å²) in [7, 11) is 0. The molecule has 1 N–H and O–H groups in total. The van der Waals surface area contributed by atoms with Crippen molar-refractivity contribution < 1.29 is 9.53 Å². The molecular formula is C22H31N3O2S. The lowest BCUT2D eigenvalue weighted by Gasteiger charge is -2.34. The van der Waals surface area contributed by atoms with Crippen LogP contribution in [0.15, 0.2) is 18.2 Å². The second kappa shape index (κ2) is 8.68. The minimum absolute atomic E-state index is 0.143. The van der Waals surface area contributed by atoms with Crippen LogP contribution in [0.2, 0.25) is 0 Å². The summed E-state index contributed by atoms with van der Waals surface area (Å²) in [6.07, 6.45) is 6.75. The molecule has 152 valence electrons. The molecule has 28 heavy (non-hydrogen) atoms. The molecule has 0 spiro atoms. The van der Waals surface area contributed by atoms with E-state index in [0.717, 1.165) is 53.4 Å². The number of amides is 1. The minimum Gasteiger partial charge on any atom is -0.494 e. The average Bonchev–Trinajstić information content (AvgIpc) is 3.13. The van der Waals surface area contributed by atoms with E-state index < -0.39 is 0 Å². The number of carbonyl (C=O) groups is 1. The van der Waals surface area contributed by atoms with E-state index in [4.69, 9.17) is 9.72 Å². The zero-order valence-corrected chi connectivity index (χ0v) is 17.8. The van der Waals surface area contributed by atoms with Gasteiger partial charge in [0, 0.05) is 25.0 Å². The molecular weight excluding hydrogens is 370 g/mol. The monoisotopic (exact) mass is 401 g/mol. The fourth-order valence-electron chi connectivity index (χ4n) is 4.45. The average molecular weight is 402 g/mol. The van der Waals surface area contributed by atoms with Crippen LogP contribution < -0.4 is 15.0 Å². The van der Waals surface area contributed by atoms with Gasteiger partial charge in [0.25, 0.3) is 0 Å². The number of piperidine rings is 1. The molecule has 6 heteroatoms. The van der Waals surface area contributed by atoms with Gasteiger partial charge in [-0.25, -0.2) is 4.98 Å². The van der Waals surface area contributed by atoms with E-state index in [9.17, 15) is 4.79 Å². The molecule has 0 unspecified atom stereocenters. The zero-order chi connectivity index (χ0) is 19.5. The molecule has 2 heterocycles. The van der Waals surface area contributed by atoms with Gasteiger partial charge >= 0.3 is 0 Å². The van der Waals surface area contributed by atoms with Crippen molar-refractivity contribution in [3.63, 3.8) is 0 Å². The molecule has 1 saturated carbocycles. The van der Waals surface area contributed by atoms with Crippen molar-refractivity contribution in [3.8, 4) is 5.75 Å². The van der Waals surface area contributed by atoms with Crippen molar-refractivity contribution in [2.75, 3.05) is 24.6 Å². The standard InChI is InChI=1S/C22H31N3O2S/c1-3-27-17-8-9-19-20(14-17)28-22(24-19)25-12-10-16(11-13-25)21(26)23-18-7-5-4-6-15(18)2/h8-9,14-16,18H,3-7,10-13H2,1-2H3,(H,23,26)/t15-,18+/m0/s1. The van der Waals surface area contributed by atoms with Crippen LogP contribution in [0.25, 0.3) is 10.2 Å². The first-order chi connectivity index (χ1) is 13.6. The van der Waals surface area contributed by atoms with Gasteiger partial charge < -0.3 is 15.0 Å². The Morgan fingerprint density at radius 2 is 2.04 bits per heavy atom. The largest absolute Gasteiger partial charge is 0.494 e. The summed E-state index contributed by atoms with van der Waals surface area (Å²) in [5.41, 5.74) is 1.02. The number of anilines is 1. The molecule has 1 aromatic heterocycles. The lowest BCUT2D eigenvalue weighted by atomic mass is 9.85. The highest BCUT2D eigenvalue weighted by molar-refractivity contribution is 7.22. The Balaban J connectivity index is 1.34. The third kappa shape index (κ3) is 4.27. The van der Waals surface area contributed by atoms with Crippen LogP contribution in [0, 0.1) is 11.8 Å². The minimum atomic E-state index is 0.143. The number of hydrogen-bond donors (Lipinski definition) is 1. The predicted molar refractivity (Wildman–Crippen MR) is 115 cm³/mol. The van der Waals surface area contributed by atoms with Crippen molar-refractivity contribution in [1.29, 1.82) is 0 Å². The molecule has 1 amide bonds. The Bertz CT molecular complexity index is 813. The van der Waals surface area contributed by atoms with Gasteiger partial charge in [0.15, 0.2) is 5.13 Å². The van der Waals surface area contributed by atoms with Gasteiger partial charge in [-0.15, -0.1) is 0 Å². The van der Waals surface area contributed by atoms with Crippen LogP contribution in [0.3, 0.4) is 0 Å². The van der Waals surface area contributed by atoms with Gasteiger partial charge in [-0.3, -0.25) is 4.79 Å². The Morgan fingerprint density at radius 3 is 2.79 bits per heavy atom. The second-order valence-corrected chi connectivity index (χ2v) is 9.21. The van der Waals surface area contributed by atoms with E-state index in [0.29, 0.717) is 18.6 Å². The van der Waals surface area contributed by atoms with E-state index in [1.807, 2.05) is 19.1 Å². The van der Waals surface area contributed by atoms with Crippen LogP contribution >= 0.6 is 11.3 Å². The predicted octanol–water partition coefficient (Wildman–Crippen LogP) is 4.61. The van der Waals surface area contributed by atoms with Crippen molar-refractivity contribution >= 4 is 32.6 Å². The summed E-state index contributed by atoms with van der Waals surface area (Å²) in [5.74, 6) is 1.92. The van der Waals surface area contributed by atoms with Crippen molar-refractivity contribution in [1.82, 2.24) is 10.3 Å². The number of ether oxygens (including phenoxy) is 1. The third-order valence-electron chi connectivity index (χ3n) is 6.24. The van der Waals surface area contributed by atoms with E-state index >= 15 is 0 Å². The highest BCUT2D eigenvalue weighted by Gasteiger charge is 2.29. The van der Waals surface area contributed by atoms with Crippen LogP contribution in [0.5, 0.6) is 5.75 Å². The SMILES string of the molecule is CCOc1ccc2nc(N3CCC(C(=O)N[C@@H]4CCCC[C@@H]4C)CC3)sc2c1. The van der Waals surface area contributed by atoms with Crippen molar-refractivity contribution in [3.05, 3.63) is 18.2 Å². The summed E-state index contributed by atoms with van der Waals surface area (Å²) < 4.78 is 6.76. The lowest BCUT2D eigenvalue weighted by Crippen LogP contribution is -2.46. The second-order valence-electron chi connectivity index (χ2n) is 8.20. The van der Waals surface area contributed by atoms with E-state index in [2.05, 4.69) is 23.2 Å². The fraction of sp³-hybridized carbons (Fsp3) is 0.636. The maximum absolute atomic E-state index is 12.7. The van der Waals surface area contributed by atoms with Crippen molar-refractivity contribution in [2.45, 2.75) is 58.4 Å². The van der Waals surface area contributed by atoms with Gasteiger partial charge in [-0.05, 0) is 56.7 Å². The molecule has 4 rings (SSSR count). The molecule has 5 nitrogen and oxygen atoms in total. The highest BCUT2D eigenvalue weighted by atomic mass is 32.1. The first-order valence-electron chi connectivity index (χ1n) is 10.7. The number of rotatable bonds is 5. The molecule has 2 fully saturated rings. The maximum Gasteiger partial charge on any atom is 0.223 e. The van der Waals surface area contributed by atoms with Gasteiger partial charge in [-0.1, -0.05) is 31.1 Å². The fourth-order valence-corrected chi connectivity index (χ4v) is 5.49. The summed E-state index contributed by atoms with van der Waals surface area (Å²) in [6, 6.07) is 6.47. The van der Waals surface area contributed by atoms with Crippen LogP contribution in [0.1, 0.15) is 52.4 Å². The molecule has 1 aromatic carbocycles. The lowest BCUT2D eigenvalue weighted by molar-refractivity contribution is -0.126. The Morgan fingerprint density at radius 1 is 1.25 bits per heavy atom. The van der Waals surface area contributed by atoms with Gasteiger partial charge in [0.2, 0.25) is 5.91 Å². The van der Waals surface area contributed by atoms with Gasteiger partial charge in [0.05, 0.1) is 16.8 Å². The third-order valence-corrected chi connectivity index (χ3v) is 7.31. The number of nitrogens with one attached hydrogen (secondary N) is 1. The quantitative estimate of drug-likeness (QED) is 0.795. The molecule has 2 aliphatic rings. The zero-order valence-electron chi connectivity index (χ0n) is 16.9. The van der Waals surface area contributed by atoms with Gasteiger partial charge in [-0.2, -0.15) is 0 Å². The van der Waals surface area contributed by atoms with E-state index in [1.165, 1.54) is 19.3 Å². The maximum atomic E-state index is 12.7. The number of fused-ring (bicyclic) bond motifs is 1. The van der Waals surface area contributed by atoms with Crippen LogP contribution in [0.4, 0.5) is 5.13 Å². The number of hydrogen-bond acceptors (Lipinski definition) is 5. The highest BCUT2D eigenvalue weighted by Crippen LogP contribution is 2.33. The summed E-state index contributed by atoms with van der Waals surface area (Å²) in [4.78, 5) is 19.9. The van der Waals surface area contributed by atoms with Gasteiger partial charge in [0.1, 0.15) is 5.75 Å². The molecule has 1 saturated heterocycles. The summed E-state index contributed by atoms with van der Waals surface area (Å²) in [5, 5.41) is 4.41. The Hall–Kier alpha value is -1.82. The van der Waals surface area contributed by atoms with E-state index in [1.54, 1.807) is 11.3 Å². The summed E-state index contributed by atoms with van der Waals surface area (Å²) in [6.45, 7) is 6.74. The topological polar surface area (TPSA) is 54.5 Å². The van der Waals surface area contributed by atoms with Crippen molar-refractivity contribution in [2.24, 2.45) is 11.8 Å². The molecule has 0 radical (unpaired) electrons. The van der Waals surface area contributed by atoms with Crippen LogP contribution in [-0.2, 0) is 4.79 Å². The number of aromatic nitrogens is 1. The number of nitrogens with zero attached hydrogens (tertiary/aromatic N) is 2. The number of benzene rings is 1. The first kappa shape index (κ1) is 19.5. The molecule has 2 aromatic rings. The Labute approximate surface area is 171 Å². The number of carbonyl (C=O) groups excluding carboxylic acids is 1. The number of thiazole rings is 1. The van der Waals surface area contributed by atoms with Crippen LogP contribution in [-0.4, -0.2) is 36.6 Å². The summed E-state index contributed by atoms with van der Waals surface area (Å²) >= 11 is 1.72.